The lowest BCUT2D eigenvalue weighted by Crippen LogP contribution is -2.42. The molecule has 1 rings (SSSR count). The lowest BCUT2D eigenvalue weighted by Gasteiger charge is -2.32. The number of rotatable bonds is 3. The van der Waals surface area contributed by atoms with Crippen molar-refractivity contribution in [1.29, 1.82) is 0 Å². The summed E-state index contributed by atoms with van der Waals surface area (Å²) < 4.78 is 0. The molecule has 1 aliphatic rings. The van der Waals surface area contributed by atoms with Gasteiger partial charge >= 0.3 is 0 Å². The van der Waals surface area contributed by atoms with Crippen LogP contribution in [-0.4, -0.2) is 37.6 Å². The van der Waals surface area contributed by atoms with Gasteiger partial charge in [-0.2, -0.15) is 0 Å². The second-order valence-electron chi connectivity index (χ2n) is 4.26. The summed E-state index contributed by atoms with van der Waals surface area (Å²) in [6.07, 6.45) is 2.65. The summed E-state index contributed by atoms with van der Waals surface area (Å²) in [5, 5.41) is 3.35. The Morgan fingerprint density at radius 3 is 2.33 bits per heavy atom. The van der Waals surface area contributed by atoms with Crippen LogP contribution in [0.15, 0.2) is 0 Å². The molecule has 0 bridgehead atoms. The minimum atomic E-state index is 0.772. The van der Waals surface area contributed by atoms with Crippen molar-refractivity contribution in [2.24, 2.45) is 5.92 Å². The molecule has 0 aromatic heterocycles. The topological polar surface area (TPSA) is 15.3 Å². The van der Waals surface area contributed by atoms with Crippen molar-refractivity contribution in [2.45, 2.75) is 32.7 Å². The average Bonchev–Trinajstić information content (AvgIpc) is 2.05. The molecular weight excluding hydrogens is 148 g/mol. The van der Waals surface area contributed by atoms with Gasteiger partial charge in [0.05, 0.1) is 0 Å². The van der Waals surface area contributed by atoms with E-state index in [2.05, 4.69) is 31.1 Å². The van der Waals surface area contributed by atoms with E-state index in [1.165, 1.54) is 32.5 Å². The molecule has 0 radical (unpaired) electrons. The van der Waals surface area contributed by atoms with Gasteiger partial charge in [0.25, 0.3) is 0 Å². The molecule has 72 valence electrons. The van der Waals surface area contributed by atoms with Gasteiger partial charge in [-0.1, -0.05) is 13.8 Å². The predicted octanol–water partition coefficient (Wildman–Crippen LogP) is 1.33. The fourth-order valence-electron chi connectivity index (χ4n) is 1.92. The summed E-state index contributed by atoms with van der Waals surface area (Å²) in [6.45, 7) is 8.43. The Morgan fingerprint density at radius 1 is 1.33 bits per heavy atom. The Morgan fingerprint density at radius 2 is 1.92 bits per heavy atom. The maximum absolute atomic E-state index is 3.35. The summed E-state index contributed by atoms with van der Waals surface area (Å²) >= 11 is 0. The third kappa shape index (κ3) is 3.11. The molecule has 0 aromatic carbocycles. The van der Waals surface area contributed by atoms with Crippen LogP contribution in [0.4, 0.5) is 0 Å². The largest absolute Gasteiger partial charge is 0.317 e. The lowest BCUT2D eigenvalue weighted by molar-refractivity contribution is 0.183. The van der Waals surface area contributed by atoms with Crippen molar-refractivity contribution in [2.75, 3.05) is 26.7 Å². The second kappa shape index (κ2) is 4.83. The molecule has 2 nitrogen and oxygen atoms in total. The van der Waals surface area contributed by atoms with Gasteiger partial charge in [0.2, 0.25) is 0 Å². The predicted molar refractivity (Wildman–Crippen MR) is 53.4 cm³/mol. The van der Waals surface area contributed by atoms with Crippen LogP contribution < -0.4 is 5.32 Å². The first kappa shape index (κ1) is 10.0. The van der Waals surface area contributed by atoms with Crippen LogP contribution in [0.2, 0.25) is 0 Å². The molecule has 1 N–H and O–H groups in total. The molecule has 1 saturated heterocycles. The third-order valence-corrected chi connectivity index (χ3v) is 2.62. The molecule has 0 unspecified atom stereocenters. The van der Waals surface area contributed by atoms with E-state index in [4.69, 9.17) is 0 Å². The smallest absolute Gasteiger partial charge is 0.00884 e. The van der Waals surface area contributed by atoms with Crippen LogP contribution in [0.25, 0.3) is 0 Å². The Bertz CT molecular complexity index is 115. The van der Waals surface area contributed by atoms with E-state index in [1.807, 2.05) is 0 Å². The van der Waals surface area contributed by atoms with Gasteiger partial charge in [0.15, 0.2) is 0 Å². The van der Waals surface area contributed by atoms with Gasteiger partial charge in [-0.3, -0.25) is 0 Å². The number of piperidine rings is 1. The van der Waals surface area contributed by atoms with E-state index in [0.29, 0.717) is 0 Å². The van der Waals surface area contributed by atoms with Crippen molar-refractivity contribution in [3.05, 3.63) is 0 Å². The molecule has 0 atom stereocenters. The minimum absolute atomic E-state index is 0.772. The molecule has 1 heterocycles. The van der Waals surface area contributed by atoms with Gasteiger partial charge in [-0.15, -0.1) is 0 Å². The molecule has 0 amide bonds. The Hall–Kier alpha value is -0.0800. The number of nitrogens with one attached hydrogen (secondary N) is 1. The SMILES string of the molecule is CNC1CCN(CC(C)C)CC1. The van der Waals surface area contributed by atoms with E-state index in [9.17, 15) is 0 Å². The van der Waals surface area contributed by atoms with E-state index in [0.717, 1.165) is 12.0 Å². The highest BCUT2D eigenvalue weighted by atomic mass is 15.1. The van der Waals surface area contributed by atoms with Crippen molar-refractivity contribution in [1.82, 2.24) is 10.2 Å². The zero-order chi connectivity index (χ0) is 8.97. The number of likely N-dealkylation sites (tertiary alicyclic amines) is 1. The average molecular weight is 170 g/mol. The van der Waals surface area contributed by atoms with Gasteiger partial charge in [0, 0.05) is 12.6 Å². The summed E-state index contributed by atoms with van der Waals surface area (Å²) in [4.78, 5) is 2.58. The first-order chi connectivity index (χ1) is 5.72. The summed E-state index contributed by atoms with van der Waals surface area (Å²) in [5.41, 5.74) is 0. The van der Waals surface area contributed by atoms with Crippen molar-refractivity contribution in [3.63, 3.8) is 0 Å². The normalized spacial score (nSPS) is 22.0. The molecule has 2 heteroatoms. The highest BCUT2D eigenvalue weighted by molar-refractivity contribution is 4.76. The Balaban J connectivity index is 2.17. The van der Waals surface area contributed by atoms with E-state index in [-0.39, 0.29) is 0 Å². The van der Waals surface area contributed by atoms with Gasteiger partial charge in [0.1, 0.15) is 0 Å². The molecule has 0 aromatic rings. The fourth-order valence-corrected chi connectivity index (χ4v) is 1.92. The monoisotopic (exact) mass is 170 g/mol. The van der Waals surface area contributed by atoms with Gasteiger partial charge in [-0.05, 0) is 38.9 Å². The van der Waals surface area contributed by atoms with Crippen LogP contribution in [0, 0.1) is 5.92 Å². The third-order valence-electron chi connectivity index (χ3n) is 2.62. The minimum Gasteiger partial charge on any atom is -0.317 e. The molecule has 0 aliphatic carbocycles. The van der Waals surface area contributed by atoms with Crippen molar-refractivity contribution >= 4 is 0 Å². The molecule has 0 saturated carbocycles. The van der Waals surface area contributed by atoms with Gasteiger partial charge in [-0.25, -0.2) is 0 Å². The summed E-state index contributed by atoms with van der Waals surface area (Å²) in [5.74, 6) is 0.816. The first-order valence-electron chi connectivity index (χ1n) is 5.12. The lowest BCUT2D eigenvalue weighted by atomic mass is 10.0. The van der Waals surface area contributed by atoms with E-state index >= 15 is 0 Å². The zero-order valence-electron chi connectivity index (χ0n) is 8.64. The second-order valence-corrected chi connectivity index (χ2v) is 4.26. The highest BCUT2D eigenvalue weighted by Gasteiger charge is 2.17. The van der Waals surface area contributed by atoms with Crippen LogP contribution in [-0.2, 0) is 0 Å². The maximum Gasteiger partial charge on any atom is 0.00884 e. The van der Waals surface area contributed by atoms with Crippen LogP contribution in [0.3, 0.4) is 0 Å². The summed E-state index contributed by atoms with van der Waals surface area (Å²) in [6, 6.07) is 0.772. The number of hydrogen-bond donors (Lipinski definition) is 1. The quantitative estimate of drug-likeness (QED) is 0.687. The van der Waals surface area contributed by atoms with Crippen LogP contribution in [0.1, 0.15) is 26.7 Å². The number of hydrogen-bond acceptors (Lipinski definition) is 2. The van der Waals surface area contributed by atoms with Crippen molar-refractivity contribution in [3.8, 4) is 0 Å². The maximum atomic E-state index is 3.35. The molecule has 12 heavy (non-hydrogen) atoms. The molecule has 0 spiro atoms. The molecular formula is C10H22N2. The summed E-state index contributed by atoms with van der Waals surface area (Å²) in [7, 11) is 2.07. The van der Waals surface area contributed by atoms with Gasteiger partial charge < -0.3 is 10.2 Å². The Labute approximate surface area is 76.3 Å². The van der Waals surface area contributed by atoms with Crippen LogP contribution >= 0.6 is 0 Å². The van der Waals surface area contributed by atoms with E-state index in [1.54, 1.807) is 0 Å². The Kier molecular flexibility index (Phi) is 4.02. The standard InChI is InChI=1S/C10H22N2/c1-9(2)8-12-6-4-10(11-3)5-7-12/h9-11H,4-8H2,1-3H3. The zero-order valence-corrected chi connectivity index (χ0v) is 8.64. The van der Waals surface area contributed by atoms with Crippen molar-refractivity contribution < 1.29 is 0 Å². The highest BCUT2D eigenvalue weighted by Crippen LogP contribution is 2.11. The molecule has 1 fully saturated rings. The number of nitrogens with zero attached hydrogens (tertiary/aromatic N) is 1. The fraction of sp³-hybridized carbons (Fsp3) is 1.00. The molecule has 1 aliphatic heterocycles. The van der Waals surface area contributed by atoms with Crippen LogP contribution in [0.5, 0.6) is 0 Å². The van der Waals surface area contributed by atoms with E-state index < -0.39 is 0 Å². The first-order valence-corrected chi connectivity index (χ1v) is 5.12.